The van der Waals surface area contributed by atoms with Crippen LogP contribution in [0.5, 0.6) is 0 Å². The van der Waals surface area contributed by atoms with Gasteiger partial charge in [-0.2, -0.15) is 11.8 Å². The summed E-state index contributed by atoms with van der Waals surface area (Å²) >= 11 is 1.85. The van der Waals surface area contributed by atoms with Crippen molar-refractivity contribution in [2.45, 2.75) is 20.0 Å². The molecule has 1 N–H and O–H groups in total. The molecule has 2 amide bonds. The minimum Gasteiger partial charge on any atom is -0.377 e. The van der Waals surface area contributed by atoms with Crippen molar-refractivity contribution in [2.24, 2.45) is 5.92 Å². The van der Waals surface area contributed by atoms with Crippen molar-refractivity contribution in [3.63, 3.8) is 0 Å². The number of carbonyl (C=O) groups excluding carboxylic acids is 1. The first-order valence-corrected chi connectivity index (χ1v) is 8.84. The molecule has 5 heteroatoms. The number of para-hydroxylation sites is 1. The van der Waals surface area contributed by atoms with Crippen LogP contribution in [-0.2, 0) is 11.3 Å². The zero-order valence-corrected chi connectivity index (χ0v) is 13.6. The van der Waals surface area contributed by atoms with Crippen molar-refractivity contribution < 1.29 is 9.53 Å². The molecule has 4 nitrogen and oxygen atoms in total. The number of hydrogen-bond acceptors (Lipinski definition) is 3. The van der Waals surface area contributed by atoms with Gasteiger partial charge in [0.1, 0.15) is 0 Å². The van der Waals surface area contributed by atoms with Crippen LogP contribution in [0.4, 0.5) is 10.5 Å². The fourth-order valence-corrected chi connectivity index (χ4v) is 3.31. The summed E-state index contributed by atoms with van der Waals surface area (Å²) in [4.78, 5) is 14.3. The first-order chi connectivity index (χ1) is 10.2. The van der Waals surface area contributed by atoms with Gasteiger partial charge in [-0.15, -0.1) is 0 Å². The summed E-state index contributed by atoms with van der Waals surface area (Å²) < 4.78 is 5.45. The Hall–Kier alpha value is -1.20. The first-order valence-electron chi connectivity index (χ1n) is 7.45. The van der Waals surface area contributed by atoms with Gasteiger partial charge in [0, 0.05) is 30.9 Å². The number of rotatable bonds is 6. The quantitative estimate of drug-likeness (QED) is 0.875. The van der Waals surface area contributed by atoms with Crippen LogP contribution in [0.2, 0.25) is 0 Å². The highest BCUT2D eigenvalue weighted by Gasteiger charge is 2.26. The van der Waals surface area contributed by atoms with Crippen LogP contribution in [0.15, 0.2) is 24.3 Å². The van der Waals surface area contributed by atoms with Gasteiger partial charge in [-0.3, -0.25) is 0 Å². The zero-order chi connectivity index (χ0) is 15.1. The zero-order valence-electron chi connectivity index (χ0n) is 12.8. The smallest absolute Gasteiger partial charge is 0.321 e. The van der Waals surface area contributed by atoms with E-state index in [2.05, 4.69) is 11.6 Å². The van der Waals surface area contributed by atoms with Crippen LogP contribution in [0.3, 0.4) is 0 Å². The maximum Gasteiger partial charge on any atom is 0.321 e. The molecule has 0 spiro atoms. The van der Waals surface area contributed by atoms with Gasteiger partial charge in [-0.25, -0.2) is 4.79 Å². The summed E-state index contributed by atoms with van der Waals surface area (Å²) in [6.45, 7) is 4.88. The SMILES string of the molecule is CCOCc1ccccc1NC(=O)N1CC[C@H](CSC)C1. The summed E-state index contributed by atoms with van der Waals surface area (Å²) in [5.41, 5.74) is 1.87. The summed E-state index contributed by atoms with van der Waals surface area (Å²) in [5.74, 6) is 1.76. The molecule has 0 bridgehead atoms. The molecule has 2 rings (SSSR count). The molecule has 1 aliphatic rings. The third kappa shape index (κ3) is 4.64. The van der Waals surface area contributed by atoms with Crippen LogP contribution < -0.4 is 5.32 Å². The summed E-state index contributed by atoms with van der Waals surface area (Å²) in [7, 11) is 0. The van der Waals surface area contributed by atoms with Crippen LogP contribution in [-0.4, -0.2) is 42.6 Å². The van der Waals surface area contributed by atoms with Crippen molar-refractivity contribution in [1.82, 2.24) is 4.90 Å². The molecule has 1 atom stereocenters. The Morgan fingerprint density at radius 3 is 3.05 bits per heavy atom. The molecule has 116 valence electrons. The molecule has 1 aromatic carbocycles. The van der Waals surface area contributed by atoms with Crippen LogP contribution in [0.1, 0.15) is 18.9 Å². The molecule has 0 aliphatic carbocycles. The number of ether oxygens (including phenoxy) is 1. The molecule has 1 fully saturated rings. The lowest BCUT2D eigenvalue weighted by Gasteiger charge is -2.19. The number of anilines is 1. The maximum atomic E-state index is 12.4. The van der Waals surface area contributed by atoms with Gasteiger partial charge in [0.25, 0.3) is 0 Å². The van der Waals surface area contributed by atoms with Crippen molar-refractivity contribution in [3.8, 4) is 0 Å². The molecule has 1 heterocycles. The molecule has 0 saturated carbocycles. The molecular weight excluding hydrogens is 284 g/mol. The molecule has 1 aromatic rings. The van der Waals surface area contributed by atoms with Gasteiger partial charge in [0.2, 0.25) is 0 Å². The number of hydrogen-bond donors (Lipinski definition) is 1. The summed E-state index contributed by atoms with van der Waals surface area (Å²) in [5, 5.41) is 3.02. The highest BCUT2D eigenvalue weighted by molar-refractivity contribution is 7.98. The molecule has 0 radical (unpaired) electrons. The number of nitrogens with zero attached hydrogens (tertiary/aromatic N) is 1. The lowest BCUT2D eigenvalue weighted by atomic mass is 10.2. The van der Waals surface area contributed by atoms with E-state index in [1.54, 1.807) is 0 Å². The van der Waals surface area contributed by atoms with E-state index in [1.807, 2.05) is 47.9 Å². The highest BCUT2D eigenvalue weighted by atomic mass is 32.2. The Bertz CT molecular complexity index is 467. The van der Waals surface area contributed by atoms with E-state index in [0.29, 0.717) is 19.1 Å². The first kappa shape index (κ1) is 16.2. The Balaban J connectivity index is 1.94. The fourth-order valence-electron chi connectivity index (χ4n) is 2.56. The predicted molar refractivity (Wildman–Crippen MR) is 88.9 cm³/mol. The largest absolute Gasteiger partial charge is 0.377 e. The highest BCUT2D eigenvalue weighted by Crippen LogP contribution is 2.22. The van der Waals surface area contributed by atoms with E-state index >= 15 is 0 Å². The number of urea groups is 1. The second-order valence-corrected chi connectivity index (χ2v) is 6.19. The number of nitrogens with one attached hydrogen (secondary N) is 1. The number of amides is 2. The Labute approximate surface area is 131 Å². The van der Waals surface area contributed by atoms with Crippen LogP contribution >= 0.6 is 11.8 Å². The van der Waals surface area contributed by atoms with E-state index in [1.165, 1.54) is 0 Å². The van der Waals surface area contributed by atoms with Gasteiger partial charge in [0.05, 0.1) is 6.61 Å². The van der Waals surface area contributed by atoms with E-state index in [4.69, 9.17) is 4.74 Å². The molecule has 1 saturated heterocycles. The summed E-state index contributed by atoms with van der Waals surface area (Å²) in [6, 6.07) is 7.83. The van der Waals surface area contributed by atoms with E-state index in [-0.39, 0.29) is 6.03 Å². The minimum atomic E-state index is 0.00236. The van der Waals surface area contributed by atoms with Crippen LogP contribution in [0.25, 0.3) is 0 Å². The Kier molecular flexibility index (Phi) is 6.39. The molecule has 0 aromatic heterocycles. The van der Waals surface area contributed by atoms with Gasteiger partial charge in [0.15, 0.2) is 0 Å². The van der Waals surface area contributed by atoms with Crippen molar-refractivity contribution in [1.29, 1.82) is 0 Å². The lowest BCUT2D eigenvalue weighted by Crippen LogP contribution is -2.33. The van der Waals surface area contributed by atoms with Crippen LogP contribution in [0, 0.1) is 5.92 Å². The number of carbonyl (C=O) groups is 1. The molecule has 21 heavy (non-hydrogen) atoms. The van der Waals surface area contributed by atoms with Gasteiger partial charge >= 0.3 is 6.03 Å². The number of thioether (sulfide) groups is 1. The van der Waals surface area contributed by atoms with E-state index < -0.39 is 0 Å². The van der Waals surface area contributed by atoms with Gasteiger partial charge in [-0.1, -0.05) is 18.2 Å². The average molecular weight is 308 g/mol. The number of likely N-dealkylation sites (tertiary alicyclic amines) is 1. The normalized spacial score (nSPS) is 18.0. The van der Waals surface area contributed by atoms with E-state index in [0.717, 1.165) is 36.5 Å². The Morgan fingerprint density at radius 2 is 2.29 bits per heavy atom. The second kappa shape index (κ2) is 8.29. The van der Waals surface area contributed by atoms with Gasteiger partial charge in [-0.05, 0) is 37.3 Å². The lowest BCUT2D eigenvalue weighted by molar-refractivity contribution is 0.134. The standard InChI is InChI=1S/C16H24N2O2S/c1-3-20-11-14-6-4-5-7-15(14)17-16(19)18-9-8-13(10-18)12-21-2/h4-7,13H,3,8-12H2,1-2H3,(H,17,19)/t13-/m0/s1. The molecule has 0 unspecified atom stereocenters. The molecular formula is C16H24N2O2S. The predicted octanol–water partition coefficient (Wildman–Crippen LogP) is 3.44. The van der Waals surface area contributed by atoms with Gasteiger partial charge < -0.3 is 15.0 Å². The summed E-state index contributed by atoms with van der Waals surface area (Å²) in [6.07, 6.45) is 3.22. The fraction of sp³-hybridized carbons (Fsp3) is 0.562. The third-order valence-corrected chi connectivity index (χ3v) is 4.50. The van der Waals surface area contributed by atoms with Crippen molar-refractivity contribution in [3.05, 3.63) is 29.8 Å². The third-order valence-electron chi connectivity index (χ3n) is 3.70. The molecule has 1 aliphatic heterocycles. The van der Waals surface area contributed by atoms with E-state index in [9.17, 15) is 4.79 Å². The average Bonchev–Trinajstić information content (AvgIpc) is 2.95. The van der Waals surface area contributed by atoms with Crippen molar-refractivity contribution >= 4 is 23.5 Å². The number of benzene rings is 1. The topological polar surface area (TPSA) is 41.6 Å². The van der Waals surface area contributed by atoms with Crippen molar-refractivity contribution in [2.75, 3.05) is 37.0 Å². The monoisotopic (exact) mass is 308 g/mol. The maximum absolute atomic E-state index is 12.4. The Morgan fingerprint density at radius 1 is 1.48 bits per heavy atom. The minimum absolute atomic E-state index is 0.00236. The second-order valence-electron chi connectivity index (χ2n) is 5.28.